The van der Waals surface area contributed by atoms with E-state index >= 15 is 0 Å². The summed E-state index contributed by atoms with van der Waals surface area (Å²) in [7, 11) is 0. The number of hydrogen-bond acceptors (Lipinski definition) is 6. The Bertz CT molecular complexity index is 753. The van der Waals surface area contributed by atoms with Crippen LogP contribution in [-0.2, 0) is 0 Å². The number of phenolic OH excluding ortho intramolecular Hbond substituents is 2. The maximum Gasteiger partial charge on any atom is 0.332 e. The van der Waals surface area contributed by atoms with Gasteiger partial charge in [0.1, 0.15) is 4.70 Å². The Morgan fingerprint density at radius 1 is 1.17 bits per heavy atom. The van der Waals surface area contributed by atoms with Crippen molar-refractivity contribution in [2.75, 3.05) is 0 Å². The minimum absolute atomic E-state index is 0.0556. The zero-order chi connectivity index (χ0) is 17.7. The van der Waals surface area contributed by atoms with Gasteiger partial charge in [-0.05, 0) is 18.6 Å². The number of Topliss-reactive ketones (excluding diaryl/α,β-unsaturated/α-hetero) is 1. The normalized spacial score (nSPS) is 11.0. The van der Waals surface area contributed by atoms with Gasteiger partial charge < -0.3 is 10.2 Å². The monoisotopic (exact) mass is 351 g/mol. The minimum Gasteiger partial charge on any atom is -0.504 e. The highest BCUT2D eigenvalue weighted by atomic mass is 32.1. The lowest BCUT2D eigenvalue weighted by molar-refractivity contribution is -0.383. The van der Waals surface area contributed by atoms with E-state index < -0.39 is 22.1 Å². The second kappa shape index (κ2) is 8.10. The van der Waals surface area contributed by atoms with Gasteiger partial charge in [0.25, 0.3) is 0 Å². The molecule has 0 saturated carbocycles. The summed E-state index contributed by atoms with van der Waals surface area (Å²) in [6, 6.07) is 2.79. The number of carbonyl (C=O) groups excluding carboxylic acids is 1. The Labute approximate surface area is 143 Å². The lowest BCUT2D eigenvalue weighted by Crippen LogP contribution is -1.95. The van der Waals surface area contributed by atoms with Crippen LogP contribution in [0.15, 0.2) is 12.1 Å². The minimum atomic E-state index is -0.760. The molecule has 0 spiro atoms. The fraction of sp³-hybridized carbons (Fsp3) is 0.471. The molecule has 7 heteroatoms. The summed E-state index contributed by atoms with van der Waals surface area (Å²) in [5, 5.41) is 30.8. The van der Waals surface area contributed by atoms with E-state index in [9.17, 15) is 25.1 Å². The van der Waals surface area contributed by atoms with Crippen molar-refractivity contribution in [3.63, 3.8) is 0 Å². The van der Waals surface area contributed by atoms with Crippen molar-refractivity contribution >= 4 is 32.9 Å². The van der Waals surface area contributed by atoms with Crippen molar-refractivity contribution in [2.24, 2.45) is 0 Å². The van der Waals surface area contributed by atoms with Gasteiger partial charge in [-0.3, -0.25) is 14.9 Å². The Morgan fingerprint density at radius 2 is 1.83 bits per heavy atom. The number of rotatable bonds is 9. The van der Waals surface area contributed by atoms with E-state index in [0.717, 1.165) is 30.6 Å². The molecule has 0 unspecified atom stereocenters. The Kier molecular flexibility index (Phi) is 6.14. The number of carbonyl (C=O) groups is 1. The van der Waals surface area contributed by atoms with E-state index in [-0.39, 0.29) is 10.5 Å². The van der Waals surface area contributed by atoms with Gasteiger partial charge in [-0.2, -0.15) is 0 Å². The lowest BCUT2D eigenvalue weighted by Gasteiger charge is -2.00. The van der Waals surface area contributed by atoms with E-state index in [1.54, 1.807) is 6.07 Å². The van der Waals surface area contributed by atoms with Crippen LogP contribution >= 0.6 is 11.3 Å². The number of benzene rings is 1. The maximum absolute atomic E-state index is 12.3. The SMILES string of the molecule is CCCCCCCCC(=O)c1cc2cc(O)c(O)c([N+](=O)[O-])c2s1. The molecule has 1 aromatic carbocycles. The van der Waals surface area contributed by atoms with Crippen molar-refractivity contribution in [3.05, 3.63) is 27.1 Å². The van der Waals surface area contributed by atoms with Crippen LogP contribution in [0.3, 0.4) is 0 Å². The topological polar surface area (TPSA) is 101 Å². The Hall–Kier alpha value is -2.15. The number of phenols is 2. The predicted octanol–water partition coefficient (Wildman–Crippen LogP) is 5.15. The van der Waals surface area contributed by atoms with Crippen LogP contribution < -0.4 is 0 Å². The van der Waals surface area contributed by atoms with Crippen LogP contribution in [0.4, 0.5) is 5.69 Å². The van der Waals surface area contributed by atoms with Crippen LogP contribution in [-0.4, -0.2) is 20.9 Å². The molecule has 0 aliphatic rings. The van der Waals surface area contributed by atoms with E-state index in [2.05, 4.69) is 6.92 Å². The maximum atomic E-state index is 12.3. The number of thiophene rings is 1. The number of fused-ring (bicyclic) bond motifs is 1. The first kappa shape index (κ1) is 18.2. The van der Waals surface area contributed by atoms with Crippen LogP contribution in [0.2, 0.25) is 0 Å². The third kappa shape index (κ3) is 4.03. The standard InChI is InChI=1S/C17H21NO5S/c1-2-3-4-5-6-7-8-12(19)14-10-11-9-13(20)16(21)15(18(22)23)17(11)24-14/h9-10,20-21H,2-8H2,1H3. The summed E-state index contributed by atoms with van der Waals surface area (Å²) in [5.74, 6) is -1.37. The van der Waals surface area contributed by atoms with Crippen molar-refractivity contribution in [1.29, 1.82) is 0 Å². The highest BCUT2D eigenvalue weighted by Crippen LogP contribution is 2.45. The third-order valence-electron chi connectivity index (χ3n) is 3.95. The average Bonchev–Trinajstić information content (AvgIpc) is 2.94. The molecule has 1 aromatic heterocycles. The number of nitro benzene ring substituents is 1. The molecule has 0 bridgehead atoms. The molecular formula is C17H21NO5S. The van der Waals surface area contributed by atoms with Crippen molar-refractivity contribution in [3.8, 4) is 11.5 Å². The molecule has 0 atom stereocenters. The molecule has 0 amide bonds. The summed E-state index contributed by atoms with van der Waals surface area (Å²) < 4.78 is 0.210. The second-order valence-electron chi connectivity index (χ2n) is 5.82. The van der Waals surface area contributed by atoms with E-state index in [0.29, 0.717) is 16.7 Å². The molecule has 0 fully saturated rings. The first-order chi connectivity index (χ1) is 11.5. The molecular weight excluding hydrogens is 330 g/mol. The average molecular weight is 351 g/mol. The van der Waals surface area contributed by atoms with Crippen LogP contribution in [0, 0.1) is 10.1 Å². The van der Waals surface area contributed by atoms with E-state index in [1.165, 1.54) is 25.3 Å². The molecule has 0 aliphatic heterocycles. The molecule has 0 saturated heterocycles. The van der Waals surface area contributed by atoms with Crippen LogP contribution in [0.25, 0.3) is 10.1 Å². The number of ketones is 1. The number of aromatic hydroxyl groups is 2. The molecule has 1 heterocycles. The first-order valence-electron chi connectivity index (χ1n) is 8.11. The van der Waals surface area contributed by atoms with E-state index in [1.807, 2.05) is 0 Å². The highest BCUT2D eigenvalue weighted by Gasteiger charge is 2.25. The predicted molar refractivity (Wildman–Crippen MR) is 94.1 cm³/mol. The highest BCUT2D eigenvalue weighted by molar-refractivity contribution is 7.21. The fourth-order valence-electron chi connectivity index (χ4n) is 2.64. The number of unbranched alkanes of at least 4 members (excludes halogenated alkanes) is 5. The molecule has 2 rings (SSSR count). The first-order valence-corrected chi connectivity index (χ1v) is 8.93. The molecule has 130 valence electrons. The smallest absolute Gasteiger partial charge is 0.332 e. The zero-order valence-corrected chi connectivity index (χ0v) is 14.4. The van der Waals surface area contributed by atoms with Crippen molar-refractivity contribution in [2.45, 2.75) is 51.9 Å². The van der Waals surface area contributed by atoms with Gasteiger partial charge in [0.2, 0.25) is 5.75 Å². The molecule has 24 heavy (non-hydrogen) atoms. The summed E-state index contributed by atoms with van der Waals surface area (Å²) in [4.78, 5) is 23.1. The largest absolute Gasteiger partial charge is 0.504 e. The third-order valence-corrected chi connectivity index (χ3v) is 5.15. The summed E-state index contributed by atoms with van der Waals surface area (Å²) in [6.45, 7) is 2.15. The fourth-order valence-corrected chi connectivity index (χ4v) is 3.76. The number of hydrogen-bond donors (Lipinski definition) is 2. The second-order valence-corrected chi connectivity index (χ2v) is 6.87. The van der Waals surface area contributed by atoms with Crippen molar-refractivity contribution in [1.82, 2.24) is 0 Å². The number of nitro groups is 1. The molecule has 0 radical (unpaired) electrons. The van der Waals surface area contributed by atoms with Gasteiger partial charge in [0.15, 0.2) is 11.5 Å². The Balaban J connectivity index is 2.11. The van der Waals surface area contributed by atoms with Gasteiger partial charge in [-0.1, -0.05) is 39.0 Å². The number of nitrogens with zero attached hydrogens (tertiary/aromatic N) is 1. The van der Waals surface area contributed by atoms with Gasteiger partial charge in [0, 0.05) is 11.8 Å². The van der Waals surface area contributed by atoms with Gasteiger partial charge in [-0.25, -0.2) is 0 Å². The quantitative estimate of drug-likeness (QED) is 0.214. The van der Waals surface area contributed by atoms with Gasteiger partial charge in [-0.15, -0.1) is 11.3 Å². The van der Waals surface area contributed by atoms with Crippen LogP contribution in [0.1, 0.15) is 61.5 Å². The van der Waals surface area contributed by atoms with Gasteiger partial charge in [0.05, 0.1) is 9.80 Å². The summed E-state index contributed by atoms with van der Waals surface area (Å²) in [5.41, 5.74) is -0.548. The summed E-state index contributed by atoms with van der Waals surface area (Å²) in [6.07, 6.45) is 6.89. The zero-order valence-electron chi connectivity index (χ0n) is 13.6. The molecule has 2 N–H and O–H groups in total. The lowest BCUT2D eigenvalue weighted by atomic mass is 10.1. The van der Waals surface area contributed by atoms with Gasteiger partial charge >= 0.3 is 5.69 Å². The summed E-state index contributed by atoms with van der Waals surface area (Å²) >= 11 is 0.993. The molecule has 6 nitrogen and oxygen atoms in total. The van der Waals surface area contributed by atoms with Crippen molar-refractivity contribution < 1.29 is 19.9 Å². The molecule has 0 aliphatic carbocycles. The van der Waals surface area contributed by atoms with E-state index in [4.69, 9.17) is 0 Å². The van der Waals surface area contributed by atoms with Crippen LogP contribution in [0.5, 0.6) is 11.5 Å². The Morgan fingerprint density at radius 3 is 2.50 bits per heavy atom. The molecule has 2 aromatic rings.